The van der Waals surface area contributed by atoms with Crippen LogP contribution in [0.3, 0.4) is 0 Å². The summed E-state index contributed by atoms with van der Waals surface area (Å²) in [4.78, 5) is 2.13. The predicted molar refractivity (Wildman–Crippen MR) is 108 cm³/mol. The van der Waals surface area contributed by atoms with Crippen molar-refractivity contribution in [3.63, 3.8) is 0 Å². The highest BCUT2D eigenvalue weighted by Gasteiger charge is 2.21. The molecule has 0 spiro atoms. The molecule has 5 rings (SSSR count). The molecule has 0 saturated carbocycles. The standard InChI is InChI=1S/C24H19N/c1-25(2)17-12-10-16(11-13-17)18-14-15-23-20-7-4-3-6-19(20)22-9-5-8-21(18)24(22)23/h3-15H,1-2H3. The molecular formula is C24H19N. The number of nitrogens with zero attached hydrogens (tertiary/aromatic N) is 1. The molecular weight excluding hydrogens is 302 g/mol. The average molecular weight is 321 g/mol. The van der Waals surface area contributed by atoms with Crippen LogP contribution in [0.1, 0.15) is 0 Å². The van der Waals surface area contributed by atoms with Gasteiger partial charge in [0.25, 0.3) is 0 Å². The highest BCUT2D eigenvalue weighted by Crippen LogP contribution is 2.49. The third-order valence-electron chi connectivity index (χ3n) is 5.24. The van der Waals surface area contributed by atoms with Crippen LogP contribution in [-0.4, -0.2) is 14.1 Å². The molecule has 0 saturated heterocycles. The predicted octanol–water partition coefficient (Wildman–Crippen LogP) is 6.22. The van der Waals surface area contributed by atoms with Gasteiger partial charge >= 0.3 is 0 Å². The van der Waals surface area contributed by atoms with Crippen LogP contribution in [0.4, 0.5) is 5.69 Å². The molecule has 4 aromatic rings. The molecule has 1 nitrogen and oxygen atoms in total. The number of benzene rings is 4. The lowest BCUT2D eigenvalue weighted by Gasteiger charge is -2.14. The molecule has 0 bridgehead atoms. The van der Waals surface area contributed by atoms with E-state index in [1.807, 2.05) is 0 Å². The highest BCUT2D eigenvalue weighted by molar-refractivity contribution is 6.18. The molecule has 0 radical (unpaired) electrons. The van der Waals surface area contributed by atoms with Gasteiger partial charge in [-0.25, -0.2) is 0 Å². The minimum absolute atomic E-state index is 1.22. The lowest BCUT2D eigenvalue weighted by atomic mass is 9.94. The Hall–Kier alpha value is -3.06. The summed E-state index contributed by atoms with van der Waals surface area (Å²) in [6, 6.07) is 28.8. The molecule has 4 aromatic carbocycles. The van der Waals surface area contributed by atoms with E-state index in [1.54, 1.807) is 0 Å². The molecule has 0 N–H and O–H groups in total. The van der Waals surface area contributed by atoms with Crippen LogP contribution in [-0.2, 0) is 0 Å². The number of anilines is 1. The SMILES string of the molecule is CN(C)c1ccc(-c2ccc3c4c(cccc24)-c2ccccc2-3)cc1. The quantitative estimate of drug-likeness (QED) is 0.373. The fourth-order valence-electron chi connectivity index (χ4n) is 4.00. The van der Waals surface area contributed by atoms with E-state index in [-0.39, 0.29) is 0 Å². The van der Waals surface area contributed by atoms with Crippen LogP contribution >= 0.6 is 0 Å². The maximum Gasteiger partial charge on any atom is 0.0361 e. The topological polar surface area (TPSA) is 3.24 Å². The van der Waals surface area contributed by atoms with Gasteiger partial charge in [0.15, 0.2) is 0 Å². The summed E-state index contributed by atoms with van der Waals surface area (Å²) in [5.41, 5.74) is 9.21. The van der Waals surface area contributed by atoms with Gasteiger partial charge in [0, 0.05) is 19.8 Å². The summed E-state index contributed by atoms with van der Waals surface area (Å²) in [7, 11) is 4.15. The van der Waals surface area contributed by atoms with Crippen LogP contribution in [0.2, 0.25) is 0 Å². The Kier molecular flexibility index (Phi) is 2.98. The van der Waals surface area contributed by atoms with Gasteiger partial charge in [0.2, 0.25) is 0 Å². The number of rotatable bonds is 2. The molecule has 0 fully saturated rings. The molecule has 0 atom stereocenters. The van der Waals surface area contributed by atoms with Crippen molar-refractivity contribution in [2.75, 3.05) is 19.0 Å². The van der Waals surface area contributed by atoms with Gasteiger partial charge in [-0.2, -0.15) is 0 Å². The normalized spacial score (nSPS) is 11.6. The van der Waals surface area contributed by atoms with Crippen molar-refractivity contribution < 1.29 is 0 Å². The molecule has 1 aliphatic rings. The van der Waals surface area contributed by atoms with Crippen LogP contribution in [0, 0.1) is 0 Å². The van der Waals surface area contributed by atoms with E-state index < -0.39 is 0 Å². The largest absolute Gasteiger partial charge is 0.378 e. The van der Waals surface area contributed by atoms with Crippen molar-refractivity contribution in [3.8, 4) is 33.4 Å². The number of hydrogen-bond acceptors (Lipinski definition) is 1. The average Bonchev–Trinajstić information content (AvgIpc) is 2.98. The zero-order valence-corrected chi connectivity index (χ0v) is 14.5. The molecule has 0 heterocycles. The van der Waals surface area contributed by atoms with Crippen molar-refractivity contribution in [3.05, 3.63) is 78.9 Å². The fourth-order valence-corrected chi connectivity index (χ4v) is 4.00. The minimum atomic E-state index is 1.22. The number of fused-ring (bicyclic) bond motifs is 3. The van der Waals surface area contributed by atoms with Gasteiger partial charge in [0.05, 0.1) is 0 Å². The van der Waals surface area contributed by atoms with Crippen molar-refractivity contribution in [1.29, 1.82) is 0 Å². The molecule has 0 aliphatic heterocycles. The van der Waals surface area contributed by atoms with Gasteiger partial charge in [-0.05, 0) is 56.3 Å². The number of hydrogen-bond donors (Lipinski definition) is 0. The third-order valence-corrected chi connectivity index (χ3v) is 5.24. The monoisotopic (exact) mass is 321 g/mol. The first-order valence-corrected chi connectivity index (χ1v) is 8.67. The lowest BCUT2D eigenvalue weighted by Crippen LogP contribution is -2.07. The van der Waals surface area contributed by atoms with Crippen molar-refractivity contribution in [1.82, 2.24) is 0 Å². The van der Waals surface area contributed by atoms with E-state index in [9.17, 15) is 0 Å². The highest BCUT2D eigenvalue weighted by atomic mass is 15.1. The molecule has 0 aromatic heterocycles. The van der Waals surface area contributed by atoms with E-state index >= 15 is 0 Å². The van der Waals surface area contributed by atoms with Gasteiger partial charge in [0.1, 0.15) is 0 Å². The molecule has 0 unspecified atom stereocenters. The smallest absolute Gasteiger partial charge is 0.0361 e. The first kappa shape index (κ1) is 14.3. The first-order chi connectivity index (χ1) is 12.2. The fraction of sp³-hybridized carbons (Fsp3) is 0.0833. The van der Waals surface area contributed by atoms with Crippen molar-refractivity contribution in [2.24, 2.45) is 0 Å². The molecule has 25 heavy (non-hydrogen) atoms. The zero-order valence-electron chi connectivity index (χ0n) is 14.5. The van der Waals surface area contributed by atoms with Gasteiger partial charge in [-0.1, -0.05) is 66.7 Å². The summed E-state index contributed by atoms with van der Waals surface area (Å²) in [6.07, 6.45) is 0. The Balaban J connectivity index is 1.77. The lowest BCUT2D eigenvalue weighted by molar-refractivity contribution is 1.13. The van der Waals surface area contributed by atoms with E-state index in [0.717, 1.165) is 0 Å². The van der Waals surface area contributed by atoms with E-state index in [1.165, 1.54) is 49.8 Å². The van der Waals surface area contributed by atoms with Crippen molar-refractivity contribution in [2.45, 2.75) is 0 Å². The summed E-state index contributed by atoms with van der Waals surface area (Å²) >= 11 is 0. The van der Waals surface area contributed by atoms with E-state index in [2.05, 4.69) is 97.9 Å². The Morgan fingerprint density at radius 1 is 0.520 bits per heavy atom. The molecule has 1 aliphatic carbocycles. The Labute approximate surface area is 148 Å². The molecule has 0 amide bonds. The third kappa shape index (κ3) is 2.02. The van der Waals surface area contributed by atoms with Crippen LogP contribution in [0.25, 0.3) is 44.2 Å². The second-order valence-corrected chi connectivity index (χ2v) is 6.88. The summed E-state index contributed by atoms with van der Waals surface area (Å²) < 4.78 is 0. The van der Waals surface area contributed by atoms with Gasteiger partial charge < -0.3 is 4.90 Å². The zero-order chi connectivity index (χ0) is 17.0. The van der Waals surface area contributed by atoms with E-state index in [0.29, 0.717) is 0 Å². The van der Waals surface area contributed by atoms with Crippen molar-refractivity contribution >= 4 is 16.5 Å². The van der Waals surface area contributed by atoms with Crippen LogP contribution in [0.5, 0.6) is 0 Å². The second kappa shape index (κ2) is 5.22. The summed E-state index contributed by atoms with van der Waals surface area (Å²) in [5.74, 6) is 0. The second-order valence-electron chi connectivity index (χ2n) is 6.88. The Bertz CT molecular complexity index is 1080. The Morgan fingerprint density at radius 2 is 1.12 bits per heavy atom. The first-order valence-electron chi connectivity index (χ1n) is 8.67. The minimum Gasteiger partial charge on any atom is -0.378 e. The van der Waals surface area contributed by atoms with Gasteiger partial charge in [-0.15, -0.1) is 0 Å². The molecule has 120 valence electrons. The maximum absolute atomic E-state index is 2.28. The van der Waals surface area contributed by atoms with Gasteiger partial charge in [-0.3, -0.25) is 0 Å². The maximum atomic E-state index is 2.28. The van der Waals surface area contributed by atoms with Crippen LogP contribution in [0.15, 0.2) is 78.9 Å². The molecule has 1 heteroatoms. The summed E-state index contributed by atoms with van der Waals surface area (Å²) in [5, 5.41) is 2.72. The summed E-state index contributed by atoms with van der Waals surface area (Å²) in [6.45, 7) is 0. The Morgan fingerprint density at radius 3 is 1.80 bits per heavy atom. The van der Waals surface area contributed by atoms with E-state index in [4.69, 9.17) is 0 Å². The van der Waals surface area contributed by atoms with Crippen LogP contribution < -0.4 is 4.90 Å².